The van der Waals surface area contributed by atoms with Gasteiger partial charge in [-0.1, -0.05) is 57.0 Å². The summed E-state index contributed by atoms with van der Waals surface area (Å²) in [5.74, 6) is 0. The molecule has 0 spiro atoms. The molecule has 1 heterocycles. The van der Waals surface area contributed by atoms with E-state index in [1.165, 1.54) is 19.3 Å². The minimum absolute atomic E-state index is 0.231. The average molecular weight is 235 g/mol. The van der Waals surface area contributed by atoms with Crippen LogP contribution in [0.4, 0.5) is 0 Å². The summed E-state index contributed by atoms with van der Waals surface area (Å²) < 4.78 is 0. The van der Waals surface area contributed by atoms with Crippen LogP contribution in [0.2, 0.25) is 0 Å². The molecule has 1 aliphatic rings. The van der Waals surface area contributed by atoms with Gasteiger partial charge in [-0.2, -0.15) is 0 Å². The molecule has 2 atom stereocenters. The number of hydrogen-bond acceptors (Lipinski definition) is 2. The van der Waals surface area contributed by atoms with E-state index in [-0.39, 0.29) is 12.1 Å². The van der Waals surface area contributed by atoms with Gasteiger partial charge in [0.05, 0.1) is 6.10 Å². The number of aliphatic hydroxyl groups is 1. The van der Waals surface area contributed by atoms with E-state index in [0.29, 0.717) is 0 Å². The Labute approximate surface area is 105 Å². The molecule has 1 aromatic rings. The van der Waals surface area contributed by atoms with Crippen molar-refractivity contribution in [2.45, 2.75) is 51.7 Å². The molecule has 0 aromatic heterocycles. The standard InChI is InChI=1S/C13H19NO.C2H6/c15-13(11-7-3-1-4-8-11)12-9-5-2-6-10-14-12;1-2/h1,3-4,7-8,12-15H,2,5-6,9-10H2;1-2H3. The van der Waals surface area contributed by atoms with E-state index in [1.807, 2.05) is 44.2 Å². The van der Waals surface area contributed by atoms with Crippen molar-refractivity contribution in [2.75, 3.05) is 6.54 Å². The number of rotatable bonds is 2. The molecule has 2 nitrogen and oxygen atoms in total. The van der Waals surface area contributed by atoms with Gasteiger partial charge in [0, 0.05) is 6.04 Å². The molecule has 2 unspecified atom stereocenters. The van der Waals surface area contributed by atoms with Gasteiger partial charge in [0.25, 0.3) is 0 Å². The molecule has 2 heteroatoms. The minimum atomic E-state index is -0.357. The topological polar surface area (TPSA) is 32.3 Å². The van der Waals surface area contributed by atoms with Crippen LogP contribution in [0.3, 0.4) is 0 Å². The maximum atomic E-state index is 10.2. The van der Waals surface area contributed by atoms with Crippen LogP contribution < -0.4 is 5.32 Å². The molecule has 0 radical (unpaired) electrons. The molecule has 0 aliphatic carbocycles. The van der Waals surface area contributed by atoms with Gasteiger partial charge in [-0.3, -0.25) is 0 Å². The molecule has 2 rings (SSSR count). The Morgan fingerprint density at radius 3 is 2.53 bits per heavy atom. The van der Waals surface area contributed by atoms with E-state index in [4.69, 9.17) is 0 Å². The smallest absolute Gasteiger partial charge is 0.0942 e. The van der Waals surface area contributed by atoms with Crippen molar-refractivity contribution in [3.63, 3.8) is 0 Å². The van der Waals surface area contributed by atoms with Crippen molar-refractivity contribution in [1.82, 2.24) is 5.32 Å². The van der Waals surface area contributed by atoms with Gasteiger partial charge < -0.3 is 10.4 Å². The van der Waals surface area contributed by atoms with E-state index >= 15 is 0 Å². The molecule has 0 saturated carbocycles. The second-order valence-electron chi connectivity index (χ2n) is 4.27. The summed E-state index contributed by atoms with van der Waals surface area (Å²) in [5, 5.41) is 13.6. The zero-order valence-electron chi connectivity index (χ0n) is 11.0. The van der Waals surface area contributed by atoms with Crippen molar-refractivity contribution in [3.05, 3.63) is 35.9 Å². The van der Waals surface area contributed by atoms with Gasteiger partial charge >= 0.3 is 0 Å². The summed E-state index contributed by atoms with van der Waals surface area (Å²) in [4.78, 5) is 0. The Hall–Kier alpha value is -0.860. The van der Waals surface area contributed by atoms with E-state index in [2.05, 4.69) is 5.32 Å². The van der Waals surface area contributed by atoms with Gasteiger partial charge in [0.2, 0.25) is 0 Å². The fourth-order valence-corrected chi connectivity index (χ4v) is 2.21. The first-order valence-electron chi connectivity index (χ1n) is 6.84. The molecular weight excluding hydrogens is 210 g/mol. The summed E-state index contributed by atoms with van der Waals surface area (Å²) in [6, 6.07) is 10.2. The molecule has 1 fully saturated rings. The maximum Gasteiger partial charge on any atom is 0.0942 e. The largest absolute Gasteiger partial charge is 0.387 e. The van der Waals surface area contributed by atoms with Crippen LogP contribution >= 0.6 is 0 Å². The maximum absolute atomic E-state index is 10.2. The minimum Gasteiger partial charge on any atom is -0.387 e. The summed E-state index contributed by atoms with van der Waals surface area (Å²) in [6.45, 7) is 5.04. The van der Waals surface area contributed by atoms with Crippen molar-refractivity contribution in [3.8, 4) is 0 Å². The first kappa shape index (κ1) is 14.2. The number of nitrogens with one attached hydrogen (secondary N) is 1. The summed E-state index contributed by atoms with van der Waals surface area (Å²) in [5.41, 5.74) is 1.02. The molecule has 17 heavy (non-hydrogen) atoms. The van der Waals surface area contributed by atoms with Gasteiger partial charge in [-0.05, 0) is 24.9 Å². The molecule has 1 saturated heterocycles. The van der Waals surface area contributed by atoms with E-state index < -0.39 is 0 Å². The van der Waals surface area contributed by atoms with Crippen molar-refractivity contribution < 1.29 is 5.11 Å². The highest BCUT2D eigenvalue weighted by Gasteiger charge is 2.21. The van der Waals surface area contributed by atoms with Crippen molar-refractivity contribution >= 4 is 0 Å². The average Bonchev–Trinajstić information content (AvgIpc) is 2.70. The number of aliphatic hydroxyl groups excluding tert-OH is 1. The van der Waals surface area contributed by atoms with E-state index in [1.54, 1.807) is 0 Å². The quantitative estimate of drug-likeness (QED) is 0.824. The molecule has 2 N–H and O–H groups in total. The van der Waals surface area contributed by atoms with Crippen LogP contribution in [0.25, 0.3) is 0 Å². The van der Waals surface area contributed by atoms with Gasteiger partial charge in [0.15, 0.2) is 0 Å². The van der Waals surface area contributed by atoms with Crippen LogP contribution in [-0.4, -0.2) is 17.7 Å². The first-order chi connectivity index (χ1) is 8.38. The van der Waals surface area contributed by atoms with Crippen LogP contribution in [0.15, 0.2) is 30.3 Å². The highest BCUT2D eigenvalue weighted by molar-refractivity contribution is 5.18. The van der Waals surface area contributed by atoms with Crippen LogP contribution in [0.1, 0.15) is 51.2 Å². The van der Waals surface area contributed by atoms with Crippen LogP contribution in [-0.2, 0) is 0 Å². The highest BCUT2D eigenvalue weighted by atomic mass is 16.3. The van der Waals surface area contributed by atoms with E-state index in [0.717, 1.165) is 18.5 Å². The highest BCUT2D eigenvalue weighted by Crippen LogP contribution is 2.22. The molecule has 1 aromatic carbocycles. The summed E-state index contributed by atoms with van der Waals surface area (Å²) in [6.07, 6.45) is 4.46. The van der Waals surface area contributed by atoms with Crippen molar-refractivity contribution in [2.24, 2.45) is 0 Å². The fourth-order valence-electron chi connectivity index (χ4n) is 2.21. The number of benzene rings is 1. The third-order valence-corrected chi connectivity index (χ3v) is 3.12. The first-order valence-corrected chi connectivity index (χ1v) is 6.84. The molecule has 0 amide bonds. The predicted molar refractivity (Wildman–Crippen MR) is 73.0 cm³/mol. The van der Waals surface area contributed by atoms with Crippen LogP contribution in [0, 0.1) is 0 Å². The summed E-state index contributed by atoms with van der Waals surface area (Å²) >= 11 is 0. The third kappa shape index (κ3) is 4.49. The third-order valence-electron chi connectivity index (χ3n) is 3.12. The molecule has 0 bridgehead atoms. The second-order valence-corrected chi connectivity index (χ2v) is 4.27. The fraction of sp³-hybridized carbons (Fsp3) is 0.600. The number of hydrogen-bond donors (Lipinski definition) is 2. The van der Waals surface area contributed by atoms with E-state index in [9.17, 15) is 5.11 Å². The Morgan fingerprint density at radius 1 is 1.12 bits per heavy atom. The summed E-state index contributed by atoms with van der Waals surface area (Å²) in [7, 11) is 0. The van der Waals surface area contributed by atoms with Crippen molar-refractivity contribution in [1.29, 1.82) is 0 Å². The monoisotopic (exact) mass is 235 g/mol. The molecular formula is C15H25NO. The lowest BCUT2D eigenvalue weighted by molar-refractivity contribution is 0.126. The zero-order chi connectivity index (χ0) is 12.5. The Bertz CT molecular complexity index is 278. The van der Waals surface area contributed by atoms with Gasteiger partial charge in [-0.25, -0.2) is 0 Å². The van der Waals surface area contributed by atoms with Crippen LogP contribution in [0.5, 0.6) is 0 Å². The Kier molecular flexibility index (Phi) is 6.90. The molecule has 96 valence electrons. The Morgan fingerprint density at radius 2 is 1.82 bits per heavy atom. The lowest BCUT2D eigenvalue weighted by Crippen LogP contribution is -2.34. The van der Waals surface area contributed by atoms with Gasteiger partial charge in [-0.15, -0.1) is 0 Å². The molecule has 1 aliphatic heterocycles. The lowest BCUT2D eigenvalue weighted by atomic mass is 9.99. The predicted octanol–water partition coefficient (Wildman–Crippen LogP) is 3.28. The second kappa shape index (κ2) is 8.26. The SMILES string of the molecule is CC.OC(c1ccccc1)C1CCCCCN1. The lowest BCUT2D eigenvalue weighted by Gasteiger charge is -2.22. The normalized spacial score (nSPS) is 21.9. The zero-order valence-corrected chi connectivity index (χ0v) is 11.0. The van der Waals surface area contributed by atoms with Gasteiger partial charge in [0.1, 0.15) is 0 Å². The Balaban J connectivity index is 0.000000686.